The zero-order chi connectivity index (χ0) is 10.8. The molecule has 0 spiro atoms. The first-order valence-corrected chi connectivity index (χ1v) is 4.83. The summed E-state index contributed by atoms with van der Waals surface area (Å²) in [5, 5.41) is 2.65. The van der Waals surface area contributed by atoms with E-state index in [2.05, 4.69) is 5.32 Å². The van der Waals surface area contributed by atoms with Gasteiger partial charge >= 0.3 is 0 Å². The van der Waals surface area contributed by atoms with E-state index in [0.29, 0.717) is 6.54 Å². The molecule has 1 atom stereocenters. The maximum absolute atomic E-state index is 10.7. The van der Waals surface area contributed by atoms with Gasteiger partial charge in [0.15, 0.2) is 11.5 Å². The van der Waals surface area contributed by atoms with Crippen molar-refractivity contribution in [2.75, 3.05) is 6.54 Å². The van der Waals surface area contributed by atoms with Crippen LogP contribution in [0.1, 0.15) is 12.5 Å². The average molecular weight is 207 g/mol. The molecule has 1 heterocycles. The van der Waals surface area contributed by atoms with Gasteiger partial charge in [-0.05, 0) is 24.6 Å². The Morgan fingerprint density at radius 2 is 2.13 bits per heavy atom. The number of hydrogen-bond acceptors (Lipinski definition) is 3. The van der Waals surface area contributed by atoms with E-state index in [1.807, 2.05) is 25.1 Å². The Balaban J connectivity index is 2.00. The average Bonchev–Trinajstić information content (AvgIpc) is 2.56. The molecule has 2 rings (SSSR count). The fourth-order valence-corrected chi connectivity index (χ4v) is 1.42. The van der Waals surface area contributed by atoms with Crippen LogP contribution >= 0.6 is 0 Å². The molecule has 0 saturated carbocycles. The zero-order valence-electron chi connectivity index (χ0n) is 8.74. The van der Waals surface area contributed by atoms with Gasteiger partial charge in [0, 0.05) is 6.92 Å². The van der Waals surface area contributed by atoms with Crippen molar-refractivity contribution in [1.29, 1.82) is 0 Å². The van der Waals surface area contributed by atoms with Crippen LogP contribution in [0.15, 0.2) is 18.2 Å². The molecule has 4 nitrogen and oxygen atoms in total. The molecule has 1 aliphatic rings. The number of fused-ring (bicyclic) bond motifs is 1. The number of nitrogens with one attached hydrogen (secondary N) is 1. The first-order chi connectivity index (χ1) is 7.15. The largest absolute Gasteiger partial charge is 0.449 e. The molecule has 1 aliphatic heterocycles. The van der Waals surface area contributed by atoms with Crippen LogP contribution in [0.25, 0.3) is 0 Å². The highest BCUT2D eigenvalue weighted by Gasteiger charge is 2.23. The van der Waals surface area contributed by atoms with Gasteiger partial charge in [0.1, 0.15) is 0 Å². The Morgan fingerprint density at radius 1 is 1.40 bits per heavy atom. The van der Waals surface area contributed by atoms with E-state index in [1.165, 1.54) is 6.92 Å². The van der Waals surface area contributed by atoms with Crippen LogP contribution in [0.3, 0.4) is 0 Å². The lowest BCUT2D eigenvalue weighted by atomic mass is 10.2. The summed E-state index contributed by atoms with van der Waals surface area (Å²) in [6.07, 6.45) is -0.411. The van der Waals surface area contributed by atoms with Crippen LogP contribution < -0.4 is 14.8 Å². The number of rotatable bonds is 2. The standard InChI is InChI=1S/C11H13NO3/c1-7-3-4-9-10(5-7)15-11(14-9)6-12-8(2)13/h3-5,11H,6H2,1-2H3,(H,12,13). The quantitative estimate of drug-likeness (QED) is 0.793. The minimum absolute atomic E-state index is 0.0886. The molecule has 1 unspecified atom stereocenters. The Labute approximate surface area is 88.2 Å². The first-order valence-electron chi connectivity index (χ1n) is 4.83. The van der Waals surface area contributed by atoms with E-state index in [-0.39, 0.29) is 5.91 Å². The summed E-state index contributed by atoms with van der Waals surface area (Å²) in [6.45, 7) is 3.82. The van der Waals surface area contributed by atoms with E-state index in [9.17, 15) is 4.79 Å². The topological polar surface area (TPSA) is 47.6 Å². The Kier molecular flexibility index (Phi) is 2.49. The summed E-state index contributed by atoms with van der Waals surface area (Å²) in [5.41, 5.74) is 1.12. The predicted molar refractivity (Wildman–Crippen MR) is 54.9 cm³/mol. The van der Waals surface area contributed by atoms with Crippen molar-refractivity contribution in [2.24, 2.45) is 0 Å². The summed E-state index contributed by atoms with van der Waals surface area (Å²) in [5.74, 6) is 1.38. The Bertz CT molecular complexity index is 389. The van der Waals surface area contributed by atoms with Gasteiger partial charge in [0.05, 0.1) is 6.54 Å². The molecule has 0 bridgehead atoms. The maximum Gasteiger partial charge on any atom is 0.258 e. The van der Waals surface area contributed by atoms with E-state index < -0.39 is 6.29 Å². The molecule has 1 N–H and O–H groups in total. The second-order valence-electron chi connectivity index (χ2n) is 3.55. The highest BCUT2D eigenvalue weighted by molar-refractivity contribution is 5.72. The van der Waals surface area contributed by atoms with Crippen molar-refractivity contribution in [1.82, 2.24) is 5.32 Å². The van der Waals surface area contributed by atoms with E-state index in [1.54, 1.807) is 0 Å². The van der Waals surface area contributed by atoms with Gasteiger partial charge in [-0.2, -0.15) is 0 Å². The van der Waals surface area contributed by atoms with Gasteiger partial charge in [-0.15, -0.1) is 0 Å². The van der Waals surface area contributed by atoms with Crippen LogP contribution in [-0.4, -0.2) is 18.7 Å². The molecule has 1 aromatic rings. The van der Waals surface area contributed by atoms with Crippen molar-refractivity contribution < 1.29 is 14.3 Å². The molecule has 1 amide bonds. The number of aryl methyl sites for hydroxylation is 1. The fourth-order valence-electron chi connectivity index (χ4n) is 1.42. The molecule has 0 aromatic heterocycles. The van der Waals surface area contributed by atoms with Crippen LogP contribution in [0.4, 0.5) is 0 Å². The van der Waals surface area contributed by atoms with Crippen molar-refractivity contribution in [3.8, 4) is 11.5 Å². The van der Waals surface area contributed by atoms with E-state index >= 15 is 0 Å². The normalized spacial score (nSPS) is 17.6. The number of hydrogen-bond donors (Lipinski definition) is 1. The molecular weight excluding hydrogens is 194 g/mol. The second-order valence-corrected chi connectivity index (χ2v) is 3.55. The van der Waals surface area contributed by atoms with Crippen molar-refractivity contribution in [3.05, 3.63) is 23.8 Å². The second kappa shape index (κ2) is 3.81. The van der Waals surface area contributed by atoms with Gasteiger partial charge in [0.25, 0.3) is 6.29 Å². The fraction of sp³-hybridized carbons (Fsp3) is 0.364. The minimum Gasteiger partial charge on any atom is -0.449 e. The molecule has 15 heavy (non-hydrogen) atoms. The van der Waals surface area contributed by atoms with Gasteiger partial charge in [-0.25, -0.2) is 0 Å². The number of ether oxygens (including phenoxy) is 2. The van der Waals surface area contributed by atoms with Gasteiger partial charge in [-0.3, -0.25) is 4.79 Å². The number of benzene rings is 1. The van der Waals surface area contributed by atoms with Crippen molar-refractivity contribution in [3.63, 3.8) is 0 Å². The van der Waals surface area contributed by atoms with Crippen LogP contribution in [0.5, 0.6) is 11.5 Å². The van der Waals surface area contributed by atoms with Gasteiger partial charge in [0.2, 0.25) is 5.91 Å². The summed E-state index contributed by atoms with van der Waals surface area (Å²) >= 11 is 0. The zero-order valence-corrected chi connectivity index (χ0v) is 8.74. The lowest BCUT2D eigenvalue weighted by molar-refractivity contribution is -0.120. The predicted octanol–water partition coefficient (Wildman–Crippen LogP) is 1.23. The monoisotopic (exact) mass is 207 g/mol. The van der Waals surface area contributed by atoms with Crippen molar-refractivity contribution >= 4 is 5.91 Å². The SMILES string of the molecule is CC(=O)NCC1Oc2ccc(C)cc2O1. The molecule has 1 aromatic carbocycles. The summed E-state index contributed by atoms with van der Waals surface area (Å²) in [7, 11) is 0. The number of carbonyl (C=O) groups excluding carboxylic acids is 1. The van der Waals surface area contributed by atoms with Crippen LogP contribution in [0.2, 0.25) is 0 Å². The Hall–Kier alpha value is -1.71. The molecule has 0 radical (unpaired) electrons. The van der Waals surface area contributed by atoms with E-state index in [0.717, 1.165) is 17.1 Å². The maximum atomic E-state index is 10.7. The molecule has 0 fully saturated rings. The third kappa shape index (κ3) is 2.21. The van der Waals surface area contributed by atoms with Crippen LogP contribution in [-0.2, 0) is 4.79 Å². The summed E-state index contributed by atoms with van der Waals surface area (Å²) in [6, 6.07) is 5.75. The Morgan fingerprint density at radius 3 is 2.87 bits per heavy atom. The molecule has 80 valence electrons. The molecular formula is C11H13NO3. The smallest absolute Gasteiger partial charge is 0.258 e. The first kappa shape index (κ1) is 9.83. The minimum atomic E-state index is -0.411. The lowest BCUT2D eigenvalue weighted by Gasteiger charge is -2.09. The molecule has 0 saturated heterocycles. The highest BCUT2D eigenvalue weighted by Crippen LogP contribution is 2.34. The summed E-state index contributed by atoms with van der Waals surface area (Å²) < 4.78 is 11.0. The molecule has 0 aliphatic carbocycles. The van der Waals surface area contributed by atoms with Gasteiger partial charge < -0.3 is 14.8 Å². The van der Waals surface area contributed by atoms with Gasteiger partial charge in [-0.1, -0.05) is 6.07 Å². The van der Waals surface area contributed by atoms with E-state index in [4.69, 9.17) is 9.47 Å². The number of amides is 1. The third-order valence-electron chi connectivity index (χ3n) is 2.13. The highest BCUT2D eigenvalue weighted by atomic mass is 16.7. The summed E-state index contributed by atoms with van der Waals surface area (Å²) in [4.78, 5) is 10.7. The lowest BCUT2D eigenvalue weighted by Crippen LogP contribution is -2.35. The third-order valence-corrected chi connectivity index (χ3v) is 2.13. The van der Waals surface area contributed by atoms with Crippen molar-refractivity contribution in [2.45, 2.75) is 20.1 Å². The van der Waals surface area contributed by atoms with Crippen LogP contribution in [0, 0.1) is 6.92 Å². The number of carbonyl (C=O) groups is 1. The molecule has 4 heteroatoms.